The highest BCUT2D eigenvalue weighted by atomic mass is 14.5. The predicted octanol–water partition coefficient (Wildman–Crippen LogP) is 5.44. The van der Waals surface area contributed by atoms with Crippen LogP contribution < -0.4 is 0 Å². The third-order valence-electron chi connectivity index (χ3n) is 7.16. The number of aryl methyl sites for hydroxylation is 1. The molecule has 0 aliphatic heterocycles. The molecule has 3 aliphatic carbocycles. The third-order valence-corrected chi connectivity index (χ3v) is 7.16. The molecule has 0 bridgehead atoms. The average molecular weight is 268 g/mol. The van der Waals surface area contributed by atoms with Gasteiger partial charge in [-0.15, -0.1) is 0 Å². The second-order valence-corrected chi connectivity index (χ2v) is 7.85. The van der Waals surface area contributed by atoms with Gasteiger partial charge in [0.05, 0.1) is 0 Å². The molecule has 1 fully saturated rings. The van der Waals surface area contributed by atoms with Crippen LogP contribution in [0.4, 0.5) is 0 Å². The number of hydrogen-bond acceptors (Lipinski definition) is 0. The average Bonchev–Trinajstić information content (AvgIpc) is 2.84. The Morgan fingerprint density at radius 2 is 1.90 bits per heavy atom. The largest absolute Gasteiger partial charge is 0.0648 e. The molecule has 0 aromatic heterocycles. The van der Waals surface area contributed by atoms with Crippen molar-refractivity contribution in [2.24, 2.45) is 23.7 Å². The van der Waals surface area contributed by atoms with Crippen LogP contribution in [0, 0.1) is 30.6 Å². The van der Waals surface area contributed by atoms with Crippen LogP contribution in [-0.2, 0) is 6.42 Å². The molecular weight excluding hydrogens is 240 g/mol. The SMILES string of the molecule is CCC1c2ccc(C)c3c2C2C(C3)C(C)CCC2C1C. The van der Waals surface area contributed by atoms with Crippen molar-refractivity contribution in [3.63, 3.8) is 0 Å². The standard InChI is InChI=1S/C20H28/c1-5-14-13(4)15-8-6-11(2)17-10-18-12(3)7-9-16(14)20(18)19(15)17/h7,9,11,13-15,17,19H,5-6,8,10H2,1-4H3. The zero-order valence-corrected chi connectivity index (χ0v) is 13.4. The van der Waals surface area contributed by atoms with Gasteiger partial charge in [-0.1, -0.05) is 39.3 Å². The minimum Gasteiger partial charge on any atom is -0.0648 e. The molecule has 0 N–H and O–H groups in total. The molecule has 0 amide bonds. The van der Waals surface area contributed by atoms with Gasteiger partial charge in [0.25, 0.3) is 0 Å². The highest BCUT2D eigenvalue weighted by molar-refractivity contribution is 5.51. The van der Waals surface area contributed by atoms with Crippen LogP contribution in [0.1, 0.15) is 74.1 Å². The van der Waals surface area contributed by atoms with Gasteiger partial charge in [-0.05, 0) is 83.9 Å². The van der Waals surface area contributed by atoms with Crippen LogP contribution in [-0.4, -0.2) is 0 Å². The Balaban J connectivity index is 1.94. The van der Waals surface area contributed by atoms with Crippen LogP contribution >= 0.6 is 0 Å². The van der Waals surface area contributed by atoms with Crippen molar-refractivity contribution in [1.82, 2.24) is 0 Å². The summed E-state index contributed by atoms with van der Waals surface area (Å²) >= 11 is 0. The maximum absolute atomic E-state index is 2.55. The van der Waals surface area contributed by atoms with Gasteiger partial charge in [0.15, 0.2) is 0 Å². The maximum Gasteiger partial charge on any atom is -0.00911 e. The zero-order valence-electron chi connectivity index (χ0n) is 13.4. The molecule has 1 saturated carbocycles. The summed E-state index contributed by atoms with van der Waals surface area (Å²) in [4.78, 5) is 0. The van der Waals surface area contributed by atoms with Gasteiger partial charge < -0.3 is 0 Å². The Morgan fingerprint density at radius 1 is 1.10 bits per heavy atom. The third kappa shape index (κ3) is 1.49. The van der Waals surface area contributed by atoms with Crippen LogP contribution in [0.3, 0.4) is 0 Å². The smallest absolute Gasteiger partial charge is 0.00911 e. The van der Waals surface area contributed by atoms with Gasteiger partial charge in [-0.2, -0.15) is 0 Å². The van der Waals surface area contributed by atoms with Gasteiger partial charge in [-0.25, -0.2) is 0 Å². The van der Waals surface area contributed by atoms with Crippen LogP contribution in [0.15, 0.2) is 12.1 Å². The highest BCUT2D eigenvalue weighted by Gasteiger charge is 2.50. The van der Waals surface area contributed by atoms with Crippen molar-refractivity contribution in [3.05, 3.63) is 34.4 Å². The second-order valence-electron chi connectivity index (χ2n) is 7.85. The van der Waals surface area contributed by atoms with Crippen molar-refractivity contribution in [2.45, 2.75) is 65.2 Å². The Kier molecular flexibility index (Phi) is 2.81. The van der Waals surface area contributed by atoms with Gasteiger partial charge >= 0.3 is 0 Å². The number of hydrogen-bond donors (Lipinski definition) is 0. The van der Waals surface area contributed by atoms with E-state index < -0.39 is 0 Å². The number of rotatable bonds is 1. The Morgan fingerprint density at radius 3 is 2.65 bits per heavy atom. The van der Waals surface area contributed by atoms with E-state index in [0.717, 1.165) is 35.5 Å². The molecule has 0 saturated heterocycles. The lowest BCUT2D eigenvalue weighted by atomic mass is 9.56. The maximum atomic E-state index is 2.55. The van der Waals surface area contributed by atoms with Crippen molar-refractivity contribution in [2.75, 3.05) is 0 Å². The molecule has 1 aromatic carbocycles. The first-order valence-electron chi connectivity index (χ1n) is 8.75. The van der Waals surface area contributed by atoms with E-state index in [-0.39, 0.29) is 0 Å². The fraction of sp³-hybridized carbons (Fsp3) is 0.700. The first-order valence-corrected chi connectivity index (χ1v) is 8.75. The molecule has 0 spiro atoms. The van der Waals surface area contributed by atoms with E-state index in [9.17, 15) is 0 Å². The van der Waals surface area contributed by atoms with Crippen LogP contribution in [0.25, 0.3) is 0 Å². The zero-order chi connectivity index (χ0) is 14.0. The monoisotopic (exact) mass is 268 g/mol. The molecular formula is C20H28. The topological polar surface area (TPSA) is 0 Å². The summed E-state index contributed by atoms with van der Waals surface area (Å²) in [6.07, 6.45) is 5.64. The first kappa shape index (κ1) is 12.9. The minimum absolute atomic E-state index is 0.817. The fourth-order valence-electron chi connectivity index (χ4n) is 6.06. The summed E-state index contributed by atoms with van der Waals surface area (Å²) < 4.78 is 0. The van der Waals surface area contributed by atoms with Crippen molar-refractivity contribution < 1.29 is 0 Å². The first-order chi connectivity index (χ1) is 9.63. The molecule has 4 rings (SSSR count). The molecule has 1 aromatic rings. The van der Waals surface area contributed by atoms with E-state index in [1.165, 1.54) is 25.7 Å². The lowest BCUT2D eigenvalue weighted by Crippen LogP contribution is -2.38. The van der Waals surface area contributed by atoms with Gasteiger partial charge in [0, 0.05) is 0 Å². The Hall–Kier alpha value is -0.780. The molecule has 3 aliphatic rings. The van der Waals surface area contributed by atoms with Crippen molar-refractivity contribution >= 4 is 0 Å². The lowest BCUT2D eigenvalue weighted by molar-refractivity contribution is 0.102. The van der Waals surface area contributed by atoms with E-state index in [1.807, 2.05) is 5.56 Å². The summed E-state index contributed by atoms with van der Waals surface area (Å²) in [5.41, 5.74) is 6.88. The molecule has 0 nitrogen and oxygen atoms in total. The fourth-order valence-corrected chi connectivity index (χ4v) is 6.06. The normalized spacial score (nSPS) is 41.6. The predicted molar refractivity (Wildman–Crippen MR) is 85.2 cm³/mol. The lowest BCUT2D eigenvalue weighted by Gasteiger charge is -2.48. The Bertz CT molecular complexity index is 541. The van der Waals surface area contributed by atoms with E-state index >= 15 is 0 Å². The summed E-state index contributed by atoms with van der Waals surface area (Å²) in [5, 5.41) is 0. The molecule has 6 unspecified atom stereocenters. The minimum atomic E-state index is 0.817. The van der Waals surface area contributed by atoms with E-state index in [2.05, 4.69) is 39.8 Å². The van der Waals surface area contributed by atoms with Gasteiger partial charge in [0.2, 0.25) is 0 Å². The number of benzene rings is 1. The Labute approximate surface area is 124 Å². The summed E-state index contributed by atoms with van der Waals surface area (Å²) in [6, 6.07) is 4.89. The van der Waals surface area contributed by atoms with Gasteiger partial charge in [0.1, 0.15) is 0 Å². The second kappa shape index (κ2) is 4.36. The molecule has 0 heteroatoms. The summed E-state index contributed by atoms with van der Waals surface area (Å²) in [7, 11) is 0. The molecule has 20 heavy (non-hydrogen) atoms. The molecule has 108 valence electrons. The molecule has 0 heterocycles. The summed E-state index contributed by atoms with van der Waals surface area (Å²) in [5.74, 6) is 5.46. The van der Waals surface area contributed by atoms with Crippen LogP contribution in [0.2, 0.25) is 0 Å². The quantitative estimate of drug-likeness (QED) is 0.636. The molecule has 0 radical (unpaired) electrons. The molecule has 6 atom stereocenters. The highest BCUT2D eigenvalue weighted by Crippen LogP contribution is 2.61. The van der Waals surface area contributed by atoms with E-state index in [1.54, 1.807) is 16.7 Å². The van der Waals surface area contributed by atoms with Crippen LogP contribution in [0.5, 0.6) is 0 Å². The van der Waals surface area contributed by atoms with Crippen molar-refractivity contribution in [3.8, 4) is 0 Å². The van der Waals surface area contributed by atoms with Crippen molar-refractivity contribution in [1.29, 1.82) is 0 Å². The van der Waals surface area contributed by atoms with E-state index in [0.29, 0.717) is 0 Å². The summed E-state index contributed by atoms with van der Waals surface area (Å²) in [6.45, 7) is 9.79. The van der Waals surface area contributed by atoms with Gasteiger partial charge in [-0.3, -0.25) is 0 Å². The van der Waals surface area contributed by atoms with E-state index in [4.69, 9.17) is 0 Å².